The van der Waals surface area contributed by atoms with Gasteiger partial charge in [-0.15, -0.1) is 11.3 Å². The molecule has 0 radical (unpaired) electrons. The number of hydrogen-bond donors (Lipinski definition) is 0. The third kappa shape index (κ3) is 1.72. The smallest absolute Gasteiger partial charge is 0.178 e. The predicted molar refractivity (Wildman–Crippen MR) is 48.5 cm³/mol. The van der Waals surface area contributed by atoms with E-state index < -0.39 is 0 Å². The lowest BCUT2D eigenvalue weighted by molar-refractivity contribution is 0.101. The monoisotopic (exact) mass is 181 g/mol. The van der Waals surface area contributed by atoms with Crippen LogP contribution in [0.1, 0.15) is 35.3 Å². The molecule has 1 aromatic rings. The first-order chi connectivity index (χ1) is 5.75. The van der Waals surface area contributed by atoms with Crippen LogP contribution in [-0.2, 0) is 6.42 Å². The van der Waals surface area contributed by atoms with Crippen LogP contribution in [0.5, 0.6) is 0 Å². The number of ketones is 1. The van der Waals surface area contributed by atoms with Crippen LogP contribution in [0.4, 0.5) is 0 Å². The summed E-state index contributed by atoms with van der Waals surface area (Å²) in [5.74, 6) is 0.934. The fraction of sp³-hybridized carbons (Fsp3) is 0.556. The molecule has 3 heteroatoms. The molecule has 0 saturated heterocycles. The topological polar surface area (TPSA) is 30.0 Å². The van der Waals surface area contributed by atoms with E-state index in [9.17, 15) is 4.79 Å². The zero-order valence-corrected chi connectivity index (χ0v) is 7.86. The van der Waals surface area contributed by atoms with E-state index in [4.69, 9.17) is 0 Å². The van der Waals surface area contributed by atoms with Gasteiger partial charge in [0.05, 0.1) is 5.01 Å². The minimum absolute atomic E-state index is 0.0771. The van der Waals surface area contributed by atoms with Gasteiger partial charge in [0.2, 0.25) is 0 Å². The van der Waals surface area contributed by atoms with Crippen LogP contribution in [0.25, 0.3) is 0 Å². The first-order valence-electron chi connectivity index (χ1n) is 4.21. The zero-order valence-electron chi connectivity index (χ0n) is 7.04. The fourth-order valence-corrected chi connectivity index (χ4v) is 2.08. The molecule has 1 aliphatic rings. The van der Waals surface area contributed by atoms with Gasteiger partial charge >= 0.3 is 0 Å². The molecule has 1 fully saturated rings. The molecule has 2 nitrogen and oxygen atoms in total. The van der Waals surface area contributed by atoms with Crippen molar-refractivity contribution in [3.05, 3.63) is 16.1 Å². The van der Waals surface area contributed by atoms with Crippen molar-refractivity contribution in [3.63, 3.8) is 0 Å². The molecule has 1 heterocycles. The van der Waals surface area contributed by atoms with E-state index in [-0.39, 0.29) is 5.78 Å². The molecule has 64 valence electrons. The van der Waals surface area contributed by atoms with Crippen molar-refractivity contribution in [2.45, 2.75) is 26.2 Å². The minimum atomic E-state index is 0.0771. The Morgan fingerprint density at radius 1 is 1.75 bits per heavy atom. The highest BCUT2D eigenvalue weighted by Crippen LogP contribution is 2.33. The lowest BCUT2D eigenvalue weighted by Gasteiger charge is -1.89. The maximum Gasteiger partial charge on any atom is 0.178 e. The van der Waals surface area contributed by atoms with Crippen LogP contribution in [0.15, 0.2) is 5.38 Å². The number of aromatic nitrogens is 1. The number of rotatable bonds is 3. The number of nitrogens with zero attached hydrogens (tertiary/aromatic N) is 1. The van der Waals surface area contributed by atoms with Crippen molar-refractivity contribution < 1.29 is 4.79 Å². The van der Waals surface area contributed by atoms with Gasteiger partial charge in [0.25, 0.3) is 0 Å². The zero-order chi connectivity index (χ0) is 8.55. The molecule has 0 atom stereocenters. The molecule has 1 aliphatic carbocycles. The van der Waals surface area contributed by atoms with Crippen LogP contribution in [0.2, 0.25) is 0 Å². The van der Waals surface area contributed by atoms with Crippen molar-refractivity contribution in [2.75, 3.05) is 0 Å². The Bertz CT molecular complexity index is 301. The summed E-state index contributed by atoms with van der Waals surface area (Å²) in [6, 6.07) is 0. The molecule has 2 rings (SSSR count). The summed E-state index contributed by atoms with van der Waals surface area (Å²) in [7, 11) is 0. The average molecular weight is 181 g/mol. The van der Waals surface area contributed by atoms with Gasteiger partial charge in [-0.3, -0.25) is 4.79 Å². The highest BCUT2D eigenvalue weighted by Gasteiger charge is 2.23. The summed E-state index contributed by atoms with van der Waals surface area (Å²) >= 11 is 1.61. The first kappa shape index (κ1) is 7.92. The fourth-order valence-electron chi connectivity index (χ4n) is 1.14. The van der Waals surface area contributed by atoms with Crippen molar-refractivity contribution in [3.8, 4) is 0 Å². The van der Waals surface area contributed by atoms with Gasteiger partial charge in [0.15, 0.2) is 5.78 Å². The number of thiazole rings is 1. The van der Waals surface area contributed by atoms with E-state index in [2.05, 4.69) is 4.98 Å². The van der Waals surface area contributed by atoms with Crippen LogP contribution in [0, 0.1) is 5.92 Å². The SMILES string of the molecule is CC(=O)c1csc(CC2CC2)n1. The lowest BCUT2D eigenvalue weighted by Crippen LogP contribution is -1.93. The van der Waals surface area contributed by atoms with E-state index in [1.807, 2.05) is 5.38 Å². The second kappa shape index (κ2) is 2.98. The summed E-state index contributed by atoms with van der Waals surface area (Å²) in [5.41, 5.74) is 0.635. The summed E-state index contributed by atoms with van der Waals surface area (Å²) in [5, 5.41) is 2.99. The maximum atomic E-state index is 10.9. The van der Waals surface area contributed by atoms with Gasteiger partial charge in [-0.25, -0.2) is 4.98 Å². The van der Waals surface area contributed by atoms with Gasteiger partial charge in [0.1, 0.15) is 5.69 Å². The van der Waals surface area contributed by atoms with Crippen LogP contribution in [-0.4, -0.2) is 10.8 Å². The Morgan fingerprint density at radius 2 is 2.50 bits per heavy atom. The van der Waals surface area contributed by atoms with Crippen molar-refractivity contribution >= 4 is 17.1 Å². The molecule has 0 amide bonds. The van der Waals surface area contributed by atoms with Crippen molar-refractivity contribution in [2.24, 2.45) is 5.92 Å². The van der Waals surface area contributed by atoms with Crippen molar-refractivity contribution in [1.29, 1.82) is 0 Å². The Labute approximate surface area is 75.6 Å². The Balaban J connectivity index is 2.06. The maximum absolute atomic E-state index is 10.9. The molecular formula is C9H11NOS. The Hall–Kier alpha value is -0.700. The van der Waals surface area contributed by atoms with Crippen LogP contribution >= 0.6 is 11.3 Å². The quantitative estimate of drug-likeness (QED) is 0.670. The number of Topliss-reactive ketones (excluding diaryl/α,β-unsaturated/α-hetero) is 1. The van der Waals surface area contributed by atoms with Gasteiger partial charge in [-0.1, -0.05) is 0 Å². The molecular weight excluding hydrogens is 170 g/mol. The van der Waals surface area contributed by atoms with Crippen LogP contribution in [0.3, 0.4) is 0 Å². The minimum Gasteiger partial charge on any atom is -0.293 e. The highest BCUT2D eigenvalue weighted by molar-refractivity contribution is 7.09. The molecule has 12 heavy (non-hydrogen) atoms. The van der Waals surface area contributed by atoms with E-state index in [0.29, 0.717) is 5.69 Å². The highest BCUT2D eigenvalue weighted by atomic mass is 32.1. The number of carbonyl (C=O) groups excluding carboxylic acids is 1. The molecule has 1 aromatic heterocycles. The number of hydrogen-bond acceptors (Lipinski definition) is 3. The van der Waals surface area contributed by atoms with E-state index >= 15 is 0 Å². The summed E-state index contributed by atoms with van der Waals surface area (Å²) in [4.78, 5) is 15.2. The molecule has 0 spiro atoms. The Morgan fingerprint density at radius 3 is 3.00 bits per heavy atom. The van der Waals surface area contributed by atoms with E-state index in [1.54, 1.807) is 18.3 Å². The lowest BCUT2D eigenvalue weighted by atomic mass is 10.3. The molecule has 1 saturated carbocycles. The Kier molecular flexibility index (Phi) is 1.97. The van der Waals surface area contributed by atoms with Crippen molar-refractivity contribution in [1.82, 2.24) is 4.98 Å². The molecule has 0 N–H and O–H groups in total. The third-order valence-electron chi connectivity index (χ3n) is 2.07. The number of carbonyl (C=O) groups is 1. The first-order valence-corrected chi connectivity index (χ1v) is 5.09. The largest absolute Gasteiger partial charge is 0.293 e. The summed E-state index contributed by atoms with van der Waals surface area (Å²) < 4.78 is 0. The molecule has 0 aliphatic heterocycles. The van der Waals surface area contributed by atoms with Crippen LogP contribution < -0.4 is 0 Å². The molecule has 0 unspecified atom stereocenters. The van der Waals surface area contributed by atoms with Gasteiger partial charge in [-0.05, 0) is 18.8 Å². The average Bonchev–Trinajstić information content (AvgIpc) is 2.66. The summed E-state index contributed by atoms with van der Waals surface area (Å²) in [6.07, 6.45) is 3.77. The third-order valence-corrected chi connectivity index (χ3v) is 2.94. The van der Waals surface area contributed by atoms with Gasteiger partial charge in [0, 0.05) is 18.7 Å². The molecule has 0 aromatic carbocycles. The second-order valence-electron chi connectivity index (χ2n) is 3.33. The van der Waals surface area contributed by atoms with E-state index in [1.165, 1.54) is 12.8 Å². The second-order valence-corrected chi connectivity index (χ2v) is 4.27. The standard InChI is InChI=1S/C9H11NOS/c1-6(11)8-5-12-9(10-8)4-7-2-3-7/h5,7H,2-4H2,1H3. The van der Waals surface area contributed by atoms with E-state index in [0.717, 1.165) is 17.3 Å². The molecule has 0 bridgehead atoms. The predicted octanol–water partition coefficient (Wildman–Crippen LogP) is 2.30. The van der Waals surface area contributed by atoms with Gasteiger partial charge < -0.3 is 0 Å². The van der Waals surface area contributed by atoms with Gasteiger partial charge in [-0.2, -0.15) is 0 Å². The normalized spacial score (nSPS) is 16.4. The summed E-state index contributed by atoms with van der Waals surface area (Å²) in [6.45, 7) is 1.57.